The van der Waals surface area contributed by atoms with Crippen LogP contribution in [0.1, 0.15) is 41.0 Å². The number of nitrogens with zero attached hydrogens (tertiary/aromatic N) is 1. The van der Waals surface area contributed by atoms with Gasteiger partial charge in [-0.25, -0.2) is 0 Å². The van der Waals surface area contributed by atoms with Crippen LogP contribution < -0.4 is 0 Å². The van der Waals surface area contributed by atoms with Crippen molar-refractivity contribution in [2.45, 2.75) is 41.0 Å². The van der Waals surface area contributed by atoms with Crippen LogP contribution in [0.5, 0.6) is 0 Å². The first-order chi connectivity index (χ1) is 8.08. The second kappa shape index (κ2) is 7.83. The second-order valence-electron chi connectivity index (χ2n) is 4.23. The highest BCUT2D eigenvalue weighted by Crippen LogP contribution is 2.33. The van der Waals surface area contributed by atoms with E-state index in [2.05, 4.69) is 50.6 Å². The monoisotopic (exact) mass is 231 g/mol. The van der Waals surface area contributed by atoms with Gasteiger partial charge in [0.25, 0.3) is 0 Å². The summed E-state index contributed by atoms with van der Waals surface area (Å²) in [4.78, 5) is 4.10. The van der Waals surface area contributed by atoms with Gasteiger partial charge in [-0.05, 0) is 20.3 Å². The predicted octanol–water partition coefficient (Wildman–Crippen LogP) is 5.09. The fourth-order valence-electron chi connectivity index (χ4n) is 1.39. The predicted molar refractivity (Wildman–Crippen MR) is 79.4 cm³/mol. The minimum absolute atomic E-state index is 0.125. The number of hydrogen-bond acceptors (Lipinski definition) is 1. The maximum absolute atomic E-state index is 4.10. The summed E-state index contributed by atoms with van der Waals surface area (Å²) in [7, 11) is 0. The van der Waals surface area contributed by atoms with Crippen molar-refractivity contribution >= 4 is 6.21 Å². The molecule has 0 spiro atoms. The molecule has 1 rings (SSSR count). The molecule has 0 aromatic heterocycles. The molecule has 94 valence electrons. The molecular weight excluding hydrogens is 206 g/mol. The minimum atomic E-state index is 0.125. The van der Waals surface area contributed by atoms with E-state index in [1.165, 1.54) is 11.1 Å². The second-order valence-corrected chi connectivity index (χ2v) is 4.23. The molecule has 0 saturated carbocycles. The zero-order valence-electron chi connectivity index (χ0n) is 11.8. The third-order valence-corrected chi connectivity index (χ3v) is 2.97. The highest BCUT2D eigenvalue weighted by Gasteiger charge is 2.22. The van der Waals surface area contributed by atoms with Gasteiger partial charge < -0.3 is 0 Å². The highest BCUT2D eigenvalue weighted by atomic mass is 14.7. The molecule has 0 amide bonds. The first-order valence-electron chi connectivity index (χ1n) is 6.26. The van der Waals surface area contributed by atoms with Gasteiger partial charge in [-0.3, -0.25) is 4.99 Å². The van der Waals surface area contributed by atoms with Crippen LogP contribution in [-0.2, 0) is 0 Å². The quantitative estimate of drug-likeness (QED) is 0.600. The van der Waals surface area contributed by atoms with Gasteiger partial charge in [0.2, 0.25) is 0 Å². The SMILES string of the molecule is C=C/C(C)=C\C=C(/C)C1(C)C=CN=CC1.CC. The van der Waals surface area contributed by atoms with Gasteiger partial charge >= 0.3 is 0 Å². The Hall–Kier alpha value is -1.37. The lowest BCUT2D eigenvalue weighted by Gasteiger charge is -2.26. The number of hydrogen-bond donors (Lipinski definition) is 0. The van der Waals surface area contributed by atoms with Gasteiger partial charge in [-0.2, -0.15) is 0 Å². The van der Waals surface area contributed by atoms with E-state index in [4.69, 9.17) is 0 Å². The third kappa shape index (κ3) is 4.99. The van der Waals surface area contributed by atoms with Gasteiger partial charge in [0.15, 0.2) is 0 Å². The maximum atomic E-state index is 4.10. The molecule has 1 aliphatic heterocycles. The first-order valence-corrected chi connectivity index (χ1v) is 6.26. The number of allylic oxidation sites excluding steroid dienone is 6. The van der Waals surface area contributed by atoms with Crippen molar-refractivity contribution in [1.82, 2.24) is 0 Å². The van der Waals surface area contributed by atoms with Crippen LogP contribution in [0.15, 0.2) is 53.2 Å². The molecule has 0 radical (unpaired) electrons. The van der Waals surface area contributed by atoms with Crippen molar-refractivity contribution in [3.8, 4) is 0 Å². The molecule has 1 heteroatoms. The normalized spacial score (nSPS) is 24.1. The van der Waals surface area contributed by atoms with Gasteiger partial charge in [-0.15, -0.1) is 0 Å². The van der Waals surface area contributed by atoms with E-state index in [0.717, 1.165) is 6.42 Å². The first kappa shape index (κ1) is 15.6. The molecule has 1 unspecified atom stereocenters. The Morgan fingerprint density at radius 1 is 1.29 bits per heavy atom. The van der Waals surface area contributed by atoms with Crippen molar-refractivity contribution in [3.05, 3.63) is 48.2 Å². The summed E-state index contributed by atoms with van der Waals surface area (Å²) in [6.07, 6.45) is 13.1. The zero-order valence-corrected chi connectivity index (χ0v) is 11.8. The van der Waals surface area contributed by atoms with Gasteiger partial charge in [0, 0.05) is 17.8 Å². The van der Waals surface area contributed by atoms with E-state index in [1.54, 1.807) is 0 Å². The van der Waals surface area contributed by atoms with Crippen molar-refractivity contribution < 1.29 is 0 Å². The van der Waals surface area contributed by atoms with E-state index < -0.39 is 0 Å². The Balaban J connectivity index is 0.00000121. The average molecular weight is 231 g/mol. The van der Waals surface area contributed by atoms with E-state index in [1.807, 2.05) is 32.3 Å². The molecule has 1 aliphatic rings. The standard InChI is InChI=1S/C14H19N.C2H6/c1-5-12(2)6-7-13(3)14(4)8-10-15-11-9-14;1-2/h5-8,10-11H,1,9H2,2-4H3;1-2H3/b12-6-,13-7+;. The summed E-state index contributed by atoms with van der Waals surface area (Å²) >= 11 is 0. The summed E-state index contributed by atoms with van der Waals surface area (Å²) in [5.74, 6) is 0. The molecule has 1 heterocycles. The summed E-state index contributed by atoms with van der Waals surface area (Å²) in [6, 6.07) is 0. The molecule has 0 aromatic carbocycles. The lowest BCUT2D eigenvalue weighted by atomic mass is 9.79. The lowest BCUT2D eigenvalue weighted by Crippen LogP contribution is -2.17. The molecule has 17 heavy (non-hydrogen) atoms. The van der Waals surface area contributed by atoms with Crippen LogP contribution >= 0.6 is 0 Å². The van der Waals surface area contributed by atoms with Crippen molar-refractivity contribution in [1.29, 1.82) is 0 Å². The minimum Gasteiger partial charge on any atom is -0.269 e. The molecule has 0 N–H and O–H groups in total. The average Bonchev–Trinajstić information content (AvgIpc) is 2.38. The van der Waals surface area contributed by atoms with Gasteiger partial charge in [0.05, 0.1) is 0 Å². The Bertz CT molecular complexity index is 356. The maximum Gasteiger partial charge on any atom is 0.0232 e. The van der Waals surface area contributed by atoms with Gasteiger partial charge in [0.1, 0.15) is 0 Å². The number of aliphatic imine (C=N–C) groups is 1. The van der Waals surface area contributed by atoms with E-state index >= 15 is 0 Å². The fourth-order valence-corrected chi connectivity index (χ4v) is 1.39. The molecule has 0 aromatic rings. The molecule has 1 nitrogen and oxygen atoms in total. The van der Waals surface area contributed by atoms with Crippen LogP contribution in [0.4, 0.5) is 0 Å². The van der Waals surface area contributed by atoms with Crippen LogP contribution in [0.3, 0.4) is 0 Å². The molecule has 0 fully saturated rings. The third-order valence-electron chi connectivity index (χ3n) is 2.97. The summed E-state index contributed by atoms with van der Waals surface area (Å²) in [6.45, 7) is 14.2. The van der Waals surface area contributed by atoms with Crippen LogP contribution in [0, 0.1) is 5.41 Å². The highest BCUT2D eigenvalue weighted by molar-refractivity contribution is 5.62. The Labute approximate surface area is 106 Å². The lowest BCUT2D eigenvalue weighted by molar-refractivity contribution is 0.536. The molecule has 1 atom stereocenters. The topological polar surface area (TPSA) is 12.4 Å². The Morgan fingerprint density at radius 2 is 1.94 bits per heavy atom. The molecule has 0 saturated heterocycles. The fraction of sp³-hybridized carbons (Fsp3) is 0.438. The molecule has 0 aliphatic carbocycles. The van der Waals surface area contributed by atoms with Crippen LogP contribution in [0.25, 0.3) is 0 Å². The van der Waals surface area contributed by atoms with Gasteiger partial charge in [-0.1, -0.05) is 62.8 Å². The summed E-state index contributed by atoms with van der Waals surface area (Å²) in [5, 5.41) is 0. The van der Waals surface area contributed by atoms with E-state index in [0.29, 0.717) is 0 Å². The smallest absolute Gasteiger partial charge is 0.0232 e. The zero-order chi connectivity index (χ0) is 13.3. The molecule has 0 bridgehead atoms. The van der Waals surface area contributed by atoms with Crippen molar-refractivity contribution in [2.75, 3.05) is 0 Å². The van der Waals surface area contributed by atoms with Crippen molar-refractivity contribution in [3.63, 3.8) is 0 Å². The van der Waals surface area contributed by atoms with Crippen LogP contribution in [-0.4, -0.2) is 6.21 Å². The summed E-state index contributed by atoms with van der Waals surface area (Å²) < 4.78 is 0. The number of rotatable bonds is 3. The Kier molecular flexibility index (Phi) is 7.20. The van der Waals surface area contributed by atoms with Crippen molar-refractivity contribution in [2.24, 2.45) is 10.4 Å². The summed E-state index contributed by atoms with van der Waals surface area (Å²) in [5.41, 5.74) is 2.66. The van der Waals surface area contributed by atoms with E-state index in [-0.39, 0.29) is 5.41 Å². The van der Waals surface area contributed by atoms with E-state index in [9.17, 15) is 0 Å². The largest absolute Gasteiger partial charge is 0.269 e. The Morgan fingerprint density at radius 3 is 2.41 bits per heavy atom. The van der Waals surface area contributed by atoms with Crippen LogP contribution in [0.2, 0.25) is 0 Å². The molecular formula is C16H25N.